The van der Waals surface area contributed by atoms with Gasteiger partial charge in [0.05, 0.1) is 16.7 Å². The maximum Gasteiger partial charge on any atom is 0.341 e. The van der Waals surface area contributed by atoms with Crippen LogP contribution in [0.1, 0.15) is 23.0 Å². The van der Waals surface area contributed by atoms with Gasteiger partial charge in [0.1, 0.15) is 5.65 Å². The third-order valence-corrected chi connectivity index (χ3v) is 2.81. The predicted molar refractivity (Wildman–Crippen MR) is 67.6 cm³/mol. The van der Waals surface area contributed by atoms with Crippen molar-refractivity contribution in [3.05, 3.63) is 34.1 Å². The number of aromatic amines is 1. The second-order valence-electron chi connectivity index (χ2n) is 3.60. The number of carbonyl (C=O) groups is 1. The van der Waals surface area contributed by atoms with Gasteiger partial charge >= 0.3 is 5.97 Å². The Morgan fingerprint density at radius 2 is 2.29 bits per heavy atom. The lowest BCUT2D eigenvalue weighted by molar-refractivity contribution is 0.0525. The van der Waals surface area contributed by atoms with Crippen molar-refractivity contribution in [2.45, 2.75) is 13.8 Å². The normalized spacial score (nSPS) is 10.5. The molecular formula is C12H12N2O2S. The van der Waals surface area contributed by atoms with Gasteiger partial charge in [-0.25, -0.2) is 9.78 Å². The summed E-state index contributed by atoms with van der Waals surface area (Å²) in [6.45, 7) is 3.99. The van der Waals surface area contributed by atoms with Crippen molar-refractivity contribution in [2.24, 2.45) is 0 Å². The standard InChI is InChI=1S/C12H12N2O2S/c1-3-16-12(15)9-6-13-11-8(10(9)17)5-4-7(2)14-11/h4-6H,3H2,1-2H3,(H,13,14,17). The van der Waals surface area contributed by atoms with E-state index in [2.05, 4.69) is 9.97 Å². The Labute approximate surface area is 104 Å². The van der Waals surface area contributed by atoms with Gasteiger partial charge in [-0.15, -0.1) is 0 Å². The van der Waals surface area contributed by atoms with Gasteiger partial charge in [0.2, 0.25) is 0 Å². The van der Waals surface area contributed by atoms with Crippen molar-refractivity contribution in [3.63, 3.8) is 0 Å². The molecular weight excluding hydrogens is 236 g/mol. The Kier molecular flexibility index (Phi) is 3.19. The molecule has 0 fully saturated rings. The molecule has 0 aliphatic rings. The molecule has 2 heterocycles. The number of ether oxygens (including phenoxy) is 1. The third-order valence-electron chi connectivity index (χ3n) is 2.37. The predicted octanol–water partition coefficient (Wildman–Crippen LogP) is 2.78. The van der Waals surface area contributed by atoms with Gasteiger partial charge in [0.25, 0.3) is 0 Å². The molecule has 88 valence electrons. The number of nitrogens with one attached hydrogen (secondary N) is 1. The van der Waals surface area contributed by atoms with Crippen LogP contribution in [0.4, 0.5) is 0 Å². The molecule has 0 aliphatic heterocycles. The highest BCUT2D eigenvalue weighted by Crippen LogP contribution is 2.16. The van der Waals surface area contributed by atoms with E-state index in [-0.39, 0.29) is 0 Å². The number of hydrogen-bond donors (Lipinski definition) is 1. The molecule has 2 aromatic rings. The van der Waals surface area contributed by atoms with Crippen LogP contribution in [0.15, 0.2) is 18.3 Å². The second-order valence-corrected chi connectivity index (χ2v) is 4.01. The molecule has 0 amide bonds. The topological polar surface area (TPSA) is 55.0 Å². The summed E-state index contributed by atoms with van der Waals surface area (Å²) in [4.78, 5) is 18.9. The molecule has 2 aromatic heterocycles. The highest BCUT2D eigenvalue weighted by atomic mass is 32.1. The summed E-state index contributed by atoms with van der Waals surface area (Å²) in [5, 5.41) is 0.760. The average Bonchev–Trinajstić information content (AvgIpc) is 2.29. The summed E-state index contributed by atoms with van der Waals surface area (Å²) in [5.74, 6) is -0.406. The minimum absolute atomic E-state index is 0.331. The molecule has 5 heteroatoms. The van der Waals surface area contributed by atoms with E-state index in [1.165, 1.54) is 0 Å². The molecule has 4 nitrogen and oxygen atoms in total. The van der Waals surface area contributed by atoms with Crippen LogP contribution in [-0.4, -0.2) is 22.5 Å². The van der Waals surface area contributed by atoms with Gasteiger partial charge in [-0.3, -0.25) is 0 Å². The third kappa shape index (κ3) is 2.19. The van der Waals surface area contributed by atoms with Gasteiger partial charge in [-0.05, 0) is 26.0 Å². The lowest BCUT2D eigenvalue weighted by Crippen LogP contribution is -2.06. The highest BCUT2D eigenvalue weighted by Gasteiger charge is 2.11. The van der Waals surface area contributed by atoms with Crippen LogP contribution in [0, 0.1) is 11.4 Å². The minimum Gasteiger partial charge on any atom is -0.462 e. The van der Waals surface area contributed by atoms with Crippen LogP contribution in [0.5, 0.6) is 0 Å². The smallest absolute Gasteiger partial charge is 0.341 e. The number of H-pyrrole nitrogens is 1. The average molecular weight is 248 g/mol. The molecule has 0 saturated carbocycles. The molecule has 0 spiro atoms. The first-order chi connectivity index (χ1) is 8.13. The van der Waals surface area contributed by atoms with E-state index in [9.17, 15) is 4.79 Å². The van der Waals surface area contributed by atoms with Gasteiger partial charge < -0.3 is 9.72 Å². The quantitative estimate of drug-likeness (QED) is 0.656. The SMILES string of the molecule is CCOC(=O)c1c[nH]c2nc(C)ccc2c1=S. The molecule has 0 bridgehead atoms. The van der Waals surface area contributed by atoms with Gasteiger partial charge in [0, 0.05) is 17.3 Å². The zero-order valence-electron chi connectivity index (χ0n) is 9.61. The van der Waals surface area contributed by atoms with Crippen molar-refractivity contribution in [1.82, 2.24) is 9.97 Å². The number of esters is 1. The molecule has 2 rings (SSSR count). The van der Waals surface area contributed by atoms with Gasteiger partial charge in [0.15, 0.2) is 0 Å². The fraction of sp³-hybridized carbons (Fsp3) is 0.250. The first kappa shape index (κ1) is 11.7. The van der Waals surface area contributed by atoms with Gasteiger partial charge in [-0.2, -0.15) is 0 Å². The van der Waals surface area contributed by atoms with Crippen molar-refractivity contribution in [3.8, 4) is 0 Å². The Morgan fingerprint density at radius 3 is 3.00 bits per heavy atom. The summed E-state index contributed by atoms with van der Waals surface area (Å²) in [7, 11) is 0. The zero-order chi connectivity index (χ0) is 12.4. The summed E-state index contributed by atoms with van der Waals surface area (Å²) >= 11 is 5.27. The van der Waals surface area contributed by atoms with E-state index in [0.29, 0.717) is 22.3 Å². The first-order valence-corrected chi connectivity index (χ1v) is 5.70. The Bertz CT molecular complexity index is 634. The van der Waals surface area contributed by atoms with Crippen LogP contribution >= 0.6 is 12.2 Å². The van der Waals surface area contributed by atoms with E-state index < -0.39 is 5.97 Å². The van der Waals surface area contributed by atoms with Crippen LogP contribution < -0.4 is 0 Å². The molecule has 0 saturated heterocycles. The number of aryl methyl sites for hydroxylation is 1. The largest absolute Gasteiger partial charge is 0.462 e. The Morgan fingerprint density at radius 1 is 1.53 bits per heavy atom. The number of pyridine rings is 2. The first-order valence-electron chi connectivity index (χ1n) is 5.29. The number of fused-ring (bicyclic) bond motifs is 1. The summed E-state index contributed by atoms with van der Waals surface area (Å²) in [5.41, 5.74) is 1.95. The molecule has 0 unspecified atom stereocenters. The zero-order valence-corrected chi connectivity index (χ0v) is 10.4. The fourth-order valence-corrected chi connectivity index (χ4v) is 1.87. The molecule has 1 N–H and O–H groups in total. The van der Waals surface area contributed by atoms with E-state index in [1.807, 2.05) is 19.1 Å². The lowest BCUT2D eigenvalue weighted by atomic mass is 10.2. The molecule has 0 aromatic carbocycles. The molecule has 0 radical (unpaired) electrons. The minimum atomic E-state index is -0.406. The number of rotatable bonds is 2. The van der Waals surface area contributed by atoms with Crippen molar-refractivity contribution < 1.29 is 9.53 Å². The summed E-state index contributed by atoms with van der Waals surface area (Å²) in [6, 6.07) is 3.72. The molecule has 17 heavy (non-hydrogen) atoms. The number of hydrogen-bond acceptors (Lipinski definition) is 4. The van der Waals surface area contributed by atoms with Crippen molar-refractivity contribution in [1.29, 1.82) is 0 Å². The van der Waals surface area contributed by atoms with E-state index >= 15 is 0 Å². The van der Waals surface area contributed by atoms with Gasteiger partial charge in [-0.1, -0.05) is 12.2 Å². The fourth-order valence-electron chi connectivity index (χ4n) is 1.56. The molecule has 0 atom stereocenters. The summed E-state index contributed by atoms with van der Waals surface area (Å²) in [6.07, 6.45) is 1.55. The van der Waals surface area contributed by atoms with Crippen molar-refractivity contribution in [2.75, 3.05) is 6.61 Å². The number of aromatic nitrogens is 2. The molecule has 0 aliphatic carbocycles. The van der Waals surface area contributed by atoms with E-state index in [0.717, 1.165) is 11.1 Å². The Hall–Kier alpha value is -1.75. The maximum atomic E-state index is 11.6. The van der Waals surface area contributed by atoms with E-state index in [4.69, 9.17) is 17.0 Å². The monoisotopic (exact) mass is 248 g/mol. The highest BCUT2D eigenvalue weighted by molar-refractivity contribution is 7.71. The van der Waals surface area contributed by atoms with Crippen LogP contribution in [0.2, 0.25) is 0 Å². The van der Waals surface area contributed by atoms with Crippen LogP contribution in [-0.2, 0) is 4.74 Å². The van der Waals surface area contributed by atoms with Crippen LogP contribution in [0.3, 0.4) is 0 Å². The number of carbonyl (C=O) groups excluding carboxylic acids is 1. The lowest BCUT2D eigenvalue weighted by Gasteiger charge is -2.04. The summed E-state index contributed by atoms with van der Waals surface area (Å²) < 4.78 is 5.41. The maximum absolute atomic E-state index is 11.6. The number of nitrogens with zero attached hydrogens (tertiary/aromatic N) is 1. The second kappa shape index (κ2) is 4.63. The van der Waals surface area contributed by atoms with Crippen LogP contribution in [0.25, 0.3) is 11.0 Å². The van der Waals surface area contributed by atoms with E-state index in [1.54, 1.807) is 13.1 Å². The Balaban J connectivity index is 2.62. The van der Waals surface area contributed by atoms with Crippen molar-refractivity contribution >= 4 is 29.2 Å².